The van der Waals surface area contributed by atoms with Crippen LogP contribution in [0.4, 0.5) is 5.69 Å². The van der Waals surface area contributed by atoms with Crippen molar-refractivity contribution in [1.29, 1.82) is 0 Å². The van der Waals surface area contributed by atoms with E-state index >= 15 is 0 Å². The standard InChI is InChI=1S/C37H38Cl3N3O4S/c1-26-21-29(38)18-20-34(26)43(48(46,47)31-15-9-4-10-16-31)25-36(44)42(24-28-17-19-32(39)33(40)22-28)35(23-27-11-5-2-6-12-27)37(45)41-30-13-7-3-8-14-30/h2,4-6,9-12,15-22,30,35H,3,7-8,13-14,23-25H2,1H3,(H,41,45)/t35-/m0/s1. The summed E-state index contributed by atoms with van der Waals surface area (Å²) in [7, 11) is -4.23. The summed E-state index contributed by atoms with van der Waals surface area (Å²) in [6.07, 6.45) is 5.11. The van der Waals surface area contributed by atoms with Crippen molar-refractivity contribution in [3.8, 4) is 0 Å². The lowest BCUT2D eigenvalue weighted by Crippen LogP contribution is -2.55. The first-order valence-corrected chi connectivity index (χ1v) is 18.5. The fourth-order valence-corrected chi connectivity index (χ4v) is 8.11. The van der Waals surface area contributed by atoms with E-state index in [0.29, 0.717) is 31.9 Å². The van der Waals surface area contributed by atoms with Crippen LogP contribution in [0.5, 0.6) is 0 Å². The van der Waals surface area contributed by atoms with Gasteiger partial charge in [0.15, 0.2) is 0 Å². The molecule has 1 saturated carbocycles. The van der Waals surface area contributed by atoms with Gasteiger partial charge in [-0.05, 0) is 78.9 Å². The van der Waals surface area contributed by atoms with E-state index in [4.69, 9.17) is 34.8 Å². The van der Waals surface area contributed by atoms with Crippen molar-refractivity contribution in [3.63, 3.8) is 0 Å². The molecule has 0 unspecified atom stereocenters. The number of nitrogens with one attached hydrogen (secondary N) is 1. The predicted octanol–water partition coefficient (Wildman–Crippen LogP) is 8.24. The van der Waals surface area contributed by atoms with Gasteiger partial charge in [0.05, 0.1) is 20.6 Å². The summed E-state index contributed by atoms with van der Waals surface area (Å²) in [6.45, 7) is 1.16. The summed E-state index contributed by atoms with van der Waals surface area (Å²) >= 11 is 18.9. The smallest absolute Gasteiger partial charge is 0.264 e. The van der Waals surface area contributed by atoms with Crippen molar-refractivity contribution in [3.05, 3.63) is 129 Å². The van der Waals surface area contributed by atoms with Gasteiger partial charge in [-0.2, -0.15) is 0 Å². The Balaban J connectivity index is 1.59. The monoisotopic (exact) mass is 725 g/mol. The van der Waals surface area contributed by atoms with Crippen LogP contribution >= 0.6 is 34.8 Å². The van der Waals surface area contributed by atoms with E-state index in [9.17, 15) is 18.0 Å². The first kappa shape index (κ1) is 35.7. The molecular formula is C37H38Cl3N3O4S. The number of benzene rings is 4. The van der Waals surface area contributed by atoms with Crippen LogP contribution in [-0.4, -0.2) is 43.8 Å². The van der Waals surface area contributed by atoms with Crippen molar-refractivity contribution in [2.75, 3.05) is 10.8 Å². The summed E-state index contributed by atoms with van der Waals surface area (Å²) in [4.78, 5) is 30.5. The number of carbonyl (C=O) groups excluding carboxylic acids is 2. The van der Waals surface area contributed by atoms with Crippen molar-refractivity contribution < 1.29 is 18.0 Å². The van der Waals surface area contributed by atoms with E-state index in [1.54, 1.807) is 61.5 Å². The zero-order valence-electron chi connectivity index (χ0n) is 26.6. The lowest BCUT2D eigenvalue weighted by molar-refractivity contribution is -0.140. The van der Waals surface area contributed by atoms with Crippen LogP contribution in [0.2, 0.25) is 15.1 Å². The molecular weight excluding hydrogens is 689 g/mol. The normalized spacial score (nSPS) is 14.2. The van der Waals surface area contributed by atoms with Gasteiger partial charge in [0.25, 0.3) is 10.0 Å². The average Bonchev–Trinajstić information content (AvgIpc) is 3.08. The summed E-state index contributed by atoms with van der Waals surface area (Å²) in [6, 6.07) is 26.3. The highest BCUT2D eigenvalue weighted by atomic mass is 35.5. The zero-order chi connectivity index (χ0) is 34.3. The van der Waals surface area contributed by atoms with Crippen LogP contribution in [0, 0.1) is 6.92 Å². The van der Waals surface area contributed by atoms with Crippen LogP contribution in [0.3, 0.4) is 0 Å². The first-order chi connectivity index (χ1) is 23.0. The Hall–Kier alpha value is -3.56. The third-order valence-electron chi connectivity index (χ3n) is 8.60. The lowest BCUT2D eigenvalue weighted by Gasteiger charge is -2.35. The van der Waals surface area contributed by atoms with Gasteiger partial charge < -0.3 is 10.2 Å². The molecule has 5 rings (SSSR count). The molecule has 1 aliphatic rings. The number of rotatable bonds is 12. The van der Waals surface area contributed by atoms with Crippen molar-refractivity contribution in [2.45, 2.75) is 69.0 Å². The highest BCUT2D eigenvalue weighted by Gasteiger charge is 2.36. The highest BCUT2D eigenvalue weighted by Crippen LogP contribution is 2.30. The molecule has 0 heterocycles. The Kier molecular flexibility index (Phi) is 12.1. The molecule has 7 nitrogen and oxygen atoms in total. The molecule has 0 radical (unpaired) electrons. The molecule has 1 N–H and O–H groups in total. The second-order valence-electron chi connectivity index (χ2n) is 12.1. The van der Waals surface area contributed by atoms with Crippen LogP contribution in [0.15, 0.2) is 102 Å². The third-order valence-corrected chi connectivity index (χ3v) is 11.3. The van der Waals surface area contributed by atoms with E-state index in [0.717, 1.165) is 42.0 Å². The molecule has 1 fully saturated rings. The van der Waals surface area contributed by atoms with Gasteiger partial charge in [0.1, 0.15) is 12.6 Å². The number of anilines is 1. The topological polar surface area (TPSA) is 86.8 Å². The summed E-state index contributed by atoms with van der Waals surface area (Å²) in [5.41, 5.74) is 2.37. The van der Waals surface area contributed by atoms with Crippen LogP contribution in [-0.2, 0) is 32.6 Å². The molecule has 11 heteroatoms. The van der Waals surface area contributed by atoms with Gasteiger partial charge in [0, 0.05) is 24.0 Å². The van der Waals surface area contributed by atoms with Crippen LogP contribution in [0.1, 0.15) is 48.8 Å². The average molecular weight is 727 g/mol. The predicted molar refractivity (Wildman–Crippen MR) is 193 cm³/mol. The number of aryl methyl sites for hydroxylation is 1. The minimum absolute atomic E-state index is 0.00174. The number of sulfonamides is 1. The Bertz CT molecular complexity index is 1840. The number of amides is 2. The fourth-order valence-electron chi connectivity index (χ4n) is 6.06. The molecule has 1 aliphatic carbocycles. The number of carbonyl (C=O) groups is 2. The molecule has 2 amide bonds. The van der Waals surface area contributed by atoms with E-state index in [2.05, 4.69) is 5.32 Å². The maximum atomic E-state index is 14.7. The van der Waals surface area contributed by atoms with E-state index in [1.165, 1.54) is 17.0 Å². The van der Waals surface area contributed by atoms with Gasteiger partial charge in [-0.1, -0.05) is 109 Å². The van der Waals surface area contributed by atoms with Crippen molar-refractivity contribution >= 4 is 62.3 Å². The third kappa shape index (κ3) is 8.91. The Morgan fingerprint density at radius 2 is 1.48 bits per heavy atom. The zero-order valence-corrected chi connectivity index (χ0v) is 29.7. The molecule has 1 atom stereocenters. The SMILES string of the molecule is Cc1cc(Cl)ccc1N(CC(=O)N(Cc1ccc(Cl)c(Cl)c1)[C@@H](Cc1ccccc1)C(=O)NC1CCCCC1)S(=O)(=O)c1ccccc1. The van der Waals surface area contributed by atoms with E-state index in [1.807, 2.05) is 30.3 Å². The molecule has 48 heavy (non-hydrogen) atoms. The maximum absolute atomic E-state index is 14.7. The second-order valence-corrected chi connectivity index (χ2v) is 15.2. The lowest BCUT2D eigenvalue weighted by atomic mass is 9.94. The number of halogens is 3. The number of hydrogen-bond donors (Lipinski definition) is 1. The van der Waals surface area contributed by atoms with Gasteiger partial charge in [-0.15, -0.1) is 0 Å². The van der Waals surface area contributed by atoms with E-state index in [-0.39, 0.29) is 29.8 Å². The van der Waals surface area contributed by atoms with E-state index < -0.39 is 28.5 Å². The van der Waals surface area contributed by atoms with Gasteiger partial charge in [0.2, 0.25) is 11.8 Å². The molecule has 0 bridgehead atoms. The maximum Gasteiger partial charge on any atom is 0.264 e. The summed E-state index contributed by atoms with van der Waals surface area (Å²) in [5, 5.41) is 4.30. The van der Waals surface area contributed by atoms with Crippen molar-refractivity contribution in [2.24, 2.45) is 0 Å². The quantitative estimate of drug-likeness (QED) is 0.159. The molecule has 252 valence electrons. The molecule has 0 saturated heterocycles. The minimum atomic E-state index is -4.23. The highest BCUT2D eigenvalue weighted by molar-refractivity contribution is 7.92. The molecule has 4 aromatic carbocycles. The summed E-state index contributed by atoms with van der Waals surface area (Å²) in [5.74, 6) is -0.853. The van der Waals surface area contributed by atoms with Gasteiger partial charge in [-0.3, -0.25) is 13.9 Å². The Morgan fingerprint density at radius 3 is 2.12 bits per heavy atom. The van der Waals surface area contributed by atoms with Gasteiger partial charge in [-0.25, -0.2) is 8.42 Å². The first-order valence-electron chi connectivity index (χ1n) is 15.9. The largest absolute Gasteiger partial charge is 0.352 e. The molecule has 0 aliphatic heterocycles. The van der Waals surface area contributed by atoms with Gasteiger partial charge >= 0.3 is 0 Å². The number of nitrogens with zero attached hydrogens (tertiary/aromatic N) is 2. The molecule has 0 aromatic heterocycles. The minimum Gasteiger partial charge on any atom is -0.352 e. The van der Waals surface area contributed by atoms with Crippen molar-refractivity contribution in [1.82, 2.24) is 10.2 Å². The summed E-state index contributed by atoms with van der Waals surface area (Å²) < 4.78 is 29.6. The van der Waals surface area contributed by atoms with Crippen LogP contribution in [0.25, 0.3) is 0 Å². The second kappa shape index (κ2) is 16.2. The number of hydrogen-bond acceptors (Lipinski definition) is 4. The Labute approximate surface area is 297 Å². The Morgan fingerprint density at radius 1 is 0.812 bits per heavy atom. The van der Waals surface area contributed by atoms with Crippen LogP contribution < -0.4 is 9.62 Å². The fraction of sp³-hybridized carbons (Fsp3) is 0.297. The molecule has 0 spiro atoms. The molecule has 4 aromatic rings.